The number of amides is 1. The molecule has 2 aromatic heterocycles. The second-order valence-corrected chi connectivity index (χ2v) is 8.81. The van der Waals surface area contributed by atoms with Crippen molar-refractivity contribution in [3.05, 3.63) is 101 Å². The molecule has 5 rings (SSSR count). The third kappa shape index (κ3) is 3.60. The van der Waals surface area contributed by atoms with Crippen LogP contribution in [0.2, 0.25) is 0 Å². The van der Waals surface area contributed by atoms with Crippen LogP contribution in [-0.4, -0.2) is 15.9 Å². The first-order valence-electron chi connectivity index (χ1n) is 9.44. The van der Waals surface area contributed by atoms with Gasteiger partial charge in [0.2, 0.25) is 0 Å². The summed E-state index contributed by atoms with van der Waals surface area (Å²) in [6, 6.07) is 23.6. The number of aromatic nitrogens is 2. The summed E-state index contributed by atoms with van der Waals surface area (Å²) in [7, 11) is 0. The van der Waals surface area contributed by atoms with Crippen LogP contribution in [0.1, 0.15) is 15.9 Å². The molecule has 0 saturated heterocycles. The molecule has 0 unspecified atom stereocenters. The number of carbonyl (C=O) groups is 1. The van der Waals surface area contributed by atoms with E-state index in [1.54, 1.807) is 17.3 Å². The summed E-state index contributed by atoms with van der Waals surface area (Å²) < 4.78 is 2.02. The first kappa shape index (κ1) is 18.9. The third-order valence-corrected chi connectivity index (χ3v) is 6.43. The number of benzene rings is 3. The zero-order valence-electron chi connectivity index (χ0n) is 15.8. The fourth-order valence-corrected chi connectivity index (χ4v) is 4.97. The Bertz CT molecular complexity index is 1360. The van der Waals surface area contributed by atoms with Crippen molar-refractivity contribution in [3.8, 4) is 0 Å². The van der Waals surface area contributed by atoms with Gasteiger partial charge in [-0.3, -0.25) is 14.7 Å². The van der Waals surface area contributed by atoms with Crippen molar-refractivity contribution in [2.75, 3.05) is 4.90 Å². The maximum absolute atomic E-state index is 13.8. The van der Waals surface area contributed by atoms with Crippen LogP contribution in [0, 0.1) is 0 Å². The fraction of sp³-hybridized carbons (Fsp3) is 0.0417. The molecule has 1 amide bonds. The molecule has 0 bridgehead atoms. The molecule has 0 radical (unpaired) electrons. The van der Waals surface area contributed by atoms with Gasteiger partial charge in [-0.05, 0) is 46.7 Å². The lowest BCUT2D eigenvalue weighted by Gasteiger charge is -2.21. The van der Waals surface area contributed by atoms with Crippen LogP contribution >= 0.6 is 27.3 Å². The monoisotopic (exact) mass is 473 g/mol. The molecule has 0 aliphatic rings. The number of nitrogens with zero attached hydrogens (tertiary/aromatic N) is 3. The van der Waals surface area contributed by atoms with E-state index in [2.05, 4.69) is 20.9 Å². The first-order valence-corrected chi connectivity index (χ1v) is 11.0. The molecule has 0 aliphatic carbocycles. The Hall–Kier alpha value is -3.09. The van der Waals surface area contributed by atoms with Crippen LogP contribution < -0.4 is 4.90 Å². The highest BCUT2D eigenvalue weighted by atomic mass is 79.9. The summed E-state index contributed by atoms with van der Waals surface area (Å²) in [5.41, 5.74) is 2.49. The fourth-order valence-electron chi connectivity index (χ4n) is 3.46. The maximum atomic E-state index is 13.8. The van der Waals surface area contributed by atoms with E-state index in [4.69, 9.17) is 4.98 Å². The van der Waals surface area contributed by atoms with Gasteiger partial charge in [0.1, 0.15) is 0 Å². The number of halogens is 1. The van der Waals surface area contributed by atoms with Crippen molar-refractivity contribution in [3.63, 3.8) is 0 Å². The Morgan fingerprint density at radius 1 is 1.00 bits per heavy atom. The van der Waals surface area contributed by atoms with Gasteiger partial charge >= 0.3 is 0 Å². The number of rotatable bonds is 4. The molecule has 5 aromatic rings. The largest absolute Gasteiger partial charge is 0.279 e. The predicted molar refractivity (Wildman–Crippen MR) is 126 cm³/mol. The Balaban J connectivity index is 1.63. The smallest absolute Gasteiger partial charge is 0.261 e. The SMILES string of the molecule is O=C(c1cccc2ccccc12)N(Cc1cccnc1)c1nc2ccc(Br)cc2s1. The Kier molecular flexibility index (Phi) is 5.02. The van der Waals surface area contributed by atoms with Crippen molar-refractivity contribution in [2.24, 2.45) is 0 Å². The van der Waals surface area contributed by atoms with Gasteiger partial charge in [0.15, 0.2) is 5.13 Å². The minimum atomic E-state index is -0.0752. The van der Waals surface area contributed by atoms with Gasteiger partial charge in [0.25, 0.3) is 5.91 Å². The van der Waals surface area contributed by atoms with Gasteiger partial charge in [-0.1, -0.05) is 69.7 Å². The molecule has 146 valence electrons. The molecule has 0 fully saturated rings. The predicted octanol–water partition coefficient (Wildman–Crippen LogP) is 6.45. The van der Waals surface area contributed by atoms with Gasteiger partial charge in [-0.25, -0.2) is 4.98 Å². The van der Waals surface area contributed by atoms with Gasteiger partial charge in [0.05, 0.1) is 16.8 Å². The molecule has 0 spiro atoms. The summed E-state index contributed by atoms with van der Waals surface area (Å²) in [5, 5.41) is 2.65. The summed E-state index contributed by atoms with van der Waals surface area (Å²) in [4.78, 5) is 24.5. The lowest BCUT2D eigenvalue weighted by atomic mass is 10.0. The van der Waals surface area contributed by atoms with Crippen molar-refractivity contribution >= 4 is 59.3 Å². The number of hydrogen-bond donors (Lipinski definition) is 0. The molecule has 6 heteroatoms. The van der Waals surface area contributed by atoms with Crippen LogP contribution in [0.15, 0.2) is 89.7 Å². The molecule has 0 aliphatic heterocycles. The van der Waals surface area contributed by atoms with Crippen LogP contribution in [0.4, 0.5) is 5.13 Å². The highest BCUT2D eigenvalue weighted by Crippen LogP contribution is 2.33. The van der Waals surface area contributed by atoms with E-state index in [1.807, 2.05) is 72.8 Å². The number of hydrogen-bond acceptors (Lipinski definition) is 4. The Labute approximate surface area is 186 Å². The van der Waals surface area contributed by atoms with Crippen molar-refractivity contribution < 1.29 is 4.79 Å². The van der Waals surface area contributed by atoms with Crippen LogP contribution in [0.3, 0.4) is 0 Å². The lowest BCUT2D eigenvalue weighted by molar-refractivity contribution is 0.0986. The van der Waals surface area contributed by atoms with Crippen LogP contribution in [0.5, 0.6) is 0 Å². The van der Waals surface area contributed by atoms with Crippen molar-refractivity contribution in [1.82, 2.24) is 9.97 Å². The van der Waals surface area contributed by atoms with E-state index in [0.717, 1.165) is 31.0 Å². The average Bonchev–Trinajstić information content (AvgIpc) is 3.20. The highest BCUT2D eigenvalue weighted by Gasteiger charge is 2.23. The minimum Gasteiger partial charge on any atom is -0.279 e. The highest BCUT2D eigenvalue weighted by molar-refractivity contribution is 9.10. The molecule has 0 saturated carbocycles. The van der Waals surface area contributed by atoms with Gasteiger partial charge in [0, 0.05) is 22.4 Å². The molecule has 4 nitrogen and oxygen atoms in total. The zero-order valence-corrected chi connectivity index (χ0v) is 18.2. The Morgan fingerprint density at radius 3 is 2.73 bits per heavy atom. The first-order chi connectivity index (χ1) is 14.7. The van der Waals surface area contributed by atoms with Crippen LogP contribution in [0.25, 0.3) is 21.0 Å². The number of pyridine rings is 1. The normalized spacial score (nSPS) is 11.1. The van der Waals surface area contributed by atoms with E-state index in [9.17, 15) is 4.79 Å². The number of carbonyl (C=O) groups excluding carboxylic acids is 1. The topological polar surface area (TPSA) is 46.1 Å². The summed E-state index contributed by atoms with van der Waals surface area (Å²) in [6.45, 7) is 0.400. The van der Waals surface area contributed by atoms with Gasteiger partial charge < -0.3 is 0 Å². The summed E-state index contributed by atoms with van der Waals surface area (Å²) in [6.07, 6.45) is 3.52. The van der Waals surface area contributed by atoms with Crippen molar-refractivity contribution in [2.45, 2.75) is 6.54 Å². The molecular formula is C24H16BrN3OS. The molecule has 0 N–H and O–H groups in total. The van der Waals surface area contributed by atoms with Gasteiger partial charge in [-0.2, -0.15) is 0 Å². The second-order valence-electron chi connectivity index (χ2n) is 6.89. The average molecular weight is 474 g/mol. The van der Waals surface area contributed by atoms with Gasteiger partial charge in [-0.15, -0.1) is 0 Å². The summed E-state index contributed by atoms with van der Waals surface area (Å²) >= 11 is 5.03. The molecular weight excluding hydrogens is 458 g/mol. The van der Waals surface area contributed by atoms with E-state index in [0.29, 0.717) is 17.2 Å². The second kappa shape index (κ2) is 7.97. The number of fused-ring (bicyclic) bond motifs is 2. The van der Waals surface area contributed by atoms with E-state index in [-0.39, 0.29) is 5.91 Å². The molecule has 30 heavy (non-hydrogen) atoms. The van der Waals surface area contributed by atoms with Crippen molar-refractivity contribution in [1.29, 1.82) is 0 Å². The maximum Gasteiger partial charge on any atom is 0.261 e. The van der Waals surface area contributed by atoms with E-state index < -0.39 is 0 Å². The number of thiazole rings is 1. The summed E-state index contributed by atoms with van der Waals surface area (Å²) in [5.74, 6) is -0.0752. The lowest BCUT2D eigenvalue weighted by Crippen LogP contribution is -2.30. The molecule has 3 aromatic carbocycles. The number of anilines is 1. The minimum absolute atomic E-state index is 0.0752. The van der Waals surface area contributed by atoms with Crippen LogP contribution in [-0.2, 0) is 6.54 Å². The molecule has 2 heterocycles. The quantitative estimate of drug-likeness (QED) is 0.301. The third-order valence-electron chi connectivity index (χ3n) is 4.90. The Morgan fingerprint density at radius 2 is 1.87 bits per heavy atom. The van der Waals surface area contributed by atoms with E-state index >= 15 is 0 Å². The zero-order chi connectivity index (χ0) is 20.5. The standard InChI is InChI=1S/C24H16BrN3OS/c25-18-10-11-21-22(13-18)30-24(27-21)28(15-16-5-4-12-26-14-16)23(29)20-9-3-7-17-6-1-2-8-19(17)20/h1-14H,15H2. The molecule has 0 atom stereocenters. The van der Waals surface area contributed by atoms with E-state index in [1.165, 1.54) is 11.3 Å².